The van der Waals surface area contributed by atoms with Crippen LogP contribution >= 0.6 is 11.6 Å². The standard InChI is InChI=1S/C19H20ClN5/c1-3-13(2)22-19-24-17(16-6-4-5-11-21-16)12-18(25-19)23-15-9-7-14(20)8-10-15/h4-13H,3H2,1-2H3,(H2,22,23,24,25)/t13-/m1/s1. The second kappa shape index (κ2) is 7.94. The molecule has 0 radical (unpaired) electrons. The van der Waals surface area contributed by atoms with Crippen molar-refractivity contribution in [1.29, 1.82) is 0 Å². The minimum atomic E-state index is 0.280. The topological polar surface area (TPSA) is 62.7 Å². The lowest BCUT2D eigenvalue weighted by Gasteiger charge is -2.14. The summed E-state index contributed by atoms with van der Waals surface area (Å²) in [4.78, 5) is 13.6. The van der Waals surface area contributed by atoms with Crippen LogP contribution in [0.15, 0.2) is 54.7 Å². The normalized spacial score (nSPS) is 11.8. The number of pyridine rings is 1. The highest BCUT2D eigenvalue weighted by Gasteiger charge is 2.10. The van der Waals surface area contributed by atoms with Crippen molar-refractivity contribution in [2.24, 2.45) is 0 Å². The van der Waals surface area contributed by atoms with Crippen LogP contribution in [0.1, 0.15) is 20.3 Å². The Labute approximate surface area is 152 Å². The fraction of sp³-hybridized carbons (Fsp3) is 0.211. The average Bonchev–Trinajstić information content (AvgIpc) is 2.64. The van der Waals surface area contributed by atoms with Crippen molar-refractivity contribution in [3.8, 4) is 11.4 Å². The van der Waals surface area contributed by atoms with Gasteiger partial charge in [0.2, 0.25) is 5.95 Å². The molecule has 3 rings (SSSR count). The van der Waals surface area contributed by atoms with E-state index in [4.69, 9.17) is 11.6 Å². The molecule has 0 aliphatic rings. The van der Waals surface area contributed by atoms with Gasteiger partial charge in [-0.1, -0.05) is 24.6 Å². The number of nitrogens with zero attached hydrogens (tertiary/aromatic N) is 3. The van der Waals surface area contributed by atoms with Crippen LogP contribution < -0.4 is 10.6 Å². The Morgan fingerprint density at radius 3 is 2.52 bits per heavy atom. The molecule has 3 aromatic rings. The van der Waals surface area contributed by atoms with Gasteiger partial charge in [-0.3, -0.25) is 4.98 Å². The Balaban J connectivity index is 1.95. The molecule has 6 heteroatoms. The van der Waals surface area contributed by atoms with Crippen molar-refractivity contribution in [3.05, 3.63) is 59.8 Å². The fourth-order valence-electron chi connectivity index (χ4n) is 2.22. The van der Waals surface area contributed by atoms with E-state index >= 15 is 0 Å². The van der Waals surface area contributed by atoms with Crippen molar-refractivity contribution in [3.63, 3.8) is 0 Å². The van der Waals surface area contributed by atoms with Crippen LogP contribution in [0.5, 0.6) is 0 Å². The van der Waals surface area contributed by atoms with Gasteiger partial charge in [0.15, 0.2) is 0 Å². The van der Waals surface area contributed by atoms with E-state index in [0.29, 0.717) is 16.8 Å². The molecule has 0 fully saturated rings. The molecule has 1 aromatic carbocycles. The second-order valence-electron chi connectivity index (χ2n) is 5.76. The van der Waals surface area contributed by atoms with Crippen LogP contribution in [0.4, 0.5) is 17.5 Å². The number of halogens is 1. The van der Waals surface area contributed by atoms with Crippen molar-refractivity contribution in [1.82, 2.24) is 15.0 Å². The maximum Gasteiger partial charge on any atom is 0.225 e. The molecule has 0 saturated carbocycles. The maximum absolute atomic E-state index is 5.95. The molecule has 2 heterocycles. The first-order chi connectivity index (χ1) is 12.1. The zero-order valence-corrected chi connectivity index (χ0v) is 15.0. The summed E-state index contributed by atoms with van der Waals surface area (Å²) in [7, 11) is 0. The summed E-state index contributed by atoms with van der Waals surface area (Å²) in [6.45, 7) is 4.22. The van der Waals surface area contributed by atoms with Crippen LogP contribution in [0.3, 0.4) is 0 Å². The Kier molecular flexibility index (Phi) is 5.46. The molecular formula is C19H20ClN5. The number of rotatable bonds is 6. The number of hydrogen-bond acceptors (Lipinski definition) is 5. The summed E-state index contributed by atoms with van der Waals surface area (Å²) >= 11 is 5.95. The molecule has 2 N–H and O–H groups in total. The van der Waals surface area contributed by atoms with Crippen molar-refractivity contribution in [2.45, 2.75) is 26.3 Å². The van der Waals surface area contributed by atoms with E-state index in [1.54, 1.807) is 6.20 Å². The zero-order valence-electron chi connectivity index (χ0n) is 14.2. The summed E-state index contributed by atoms with van der Waals surface area (Å²) in [6.07, 6.45) is 2.74. The van der Waals surface area contributed by atoms with Gasteiger partial charge in [0.05, 0.1) is 11.4 Å². The molecule has 5 nitrogen and oxygen atoms in total. The van der Waals surface area contributed by atoms with Crippen molar-refractivity contribution < 1.29 is 0 Å². The SMILES string of the molecule is CC[C@@H](C)Nc1nc(Nc2ccc(Cl)cc2)cc(-c2ccccn2)n1. The monoisotopic (exact) mass is 353 g/mol. The summed E-state index contributed by atoms with van der Waals surface area (Å²) in [5, 5.41) is 7.32. The van der Waals surface area contributed by atoms with E-state index in [-0.39, 0.29) is 6.04 Å². The van der Waals surface area contributed by atoms with Gasteiger partial charge in [-0.2, -0.15) is 4.98 Å². The third-order valence-corrected chi connectivity index (χ3v) is 4.01. The molecule has 0 aliphatic heterocycles. The van der Waals surface area contributed by atoms with Gasteiger partial charge < -0.3 is 10.6 Å². The molecule has 0 bridgehead atoms. The molecule has 128 valence electrons. The van der Waals surface area contributed by atoms with Crippen molar-refractivity contribution in [2.75, 3.05) is 10.6 Å². The Hall–Kier alpha value is -2.66. The van der Waals surface area contributed by atoms with Crippen LogP contribution in [0.25, 0.3) is 11.4 Å². The van der Waals surface area contributed by atoms with Gasteiger partial charge >= 0.3 is 0 Å². The molecule has 2 aromatic heterocycles. The largest absolute Gasteiger partial charge is 0.352 e. The number of hydrogen-bond donors (Lipinski definition) is 2. The van der Waals surface area contributed by atoms with Gasteiger partial charge in [-0.15, -0.1) is 0 Å². The lowest BCUT2D eigenvalue weighted by Crippen LogP contribution is -2.16. The lowest BCUT2D eigenvalue weighted by molar-refractivity contribution is 0.753. The lowest BCUT2D eigenvalue weighted by atomic mass is 10.2. The second-order valence-corrected chi connectivity index (χ2v) is 6.20. The summed E-state index contributed by atoms with van der Waals surface area (Å²) in [5.74, 6) is 1.28. The summed E-state index contributed by atoms with van der Waals surface area (Å²) < 4.78 is 0. The van der Waals surface area contributed by atoms with E-state index in [9.17, 15) is 0 Å². The first-order valence-corrected chi connectivity index (χ1v) is 8.61. The molecule has 0 spiro atoms. The smallest absolute Gasteiger partial charge is 0.225 e. The van der Waals surface area contributed by atoms with Crippen LogP contribution in [-0.2, 0) is 0 Å². The van der Waals surface area contributed by atoms with Gasteiger partial charge in [0.25, 0.3) is 0 Å². The van der Waals surface area contributed by atoms with Gasteiger partial charge in [0.1, 0.15) is 5.82 Å². The highest BCUT2D eigenvalue weighted by atomic mass is 35.5. The molecule has 0 unspecified atom stereocenters. The molecule has 1 atom stereocenters. The van der Waals surface area contributed by atoms with E-state index in [1.807, 2.05) is 48.5 Å². The van der Waals surface area contributed by atoms with Crippen LogP contribution in [-0.4, -0.2) is 21.0 Å². The predicted molar refractivity (Wildman–Crippen MR) is 103 cm³/mol. The number of aromatic nitrogens is 3. The summed E-state index contributed by atoms with van der Waals surface area (Å²) in [5.41, 5.74) is 2.47. The Morgan fingerprint density at radius 2 is 1.84 bits per heavy atom. The highest BCUT2D eigenvalue weighted by molar-refractivity contribution is 6.30. The van der Waals surface area contributed by atoms with E-state index in [1.165, 1.54) is 0 Å². The Morgan fingerprint density at radius 1 is 1.04 bits per heavy atom. The highest BCUT2D eigenvalue weighted by Crippen LogP contribution is 2.23. The molecule has 0 aliphatic carbocycles. The van der Waals surface area contributed by atoms with E-state index in [0.717, 1.165) is 23.5 Å². The predicted octanol–water partition coefficient (Wildman–Crippen LogP) is 5.15. The molecule has 25 heavy (non-hydrogen) atoms. The zero-order chi connectivity index (χ0) is 17.6. The van der Waals surface area contributed by atoms with Gasteiger partial charge in [-0.05, 0) is 49.7 Å². The Bertz CT molecular complexity index is 821. The van der Waals surface area contributed by atoms with E-state index in [2.05, 4.69) is 39.4 Å². The number of anilines is 3. The van der Waals surface area contributed by atoms with Gasteiger partial charge in [-0.25, -0.2) is 4.98 Å². The van der Waals surface area contributed by atoms with E-state index < -0.39 is 0 Å². The third-order valence-electron chi connectivity index (χ3n) is 3.76. The molecule has 0 amide bonds. The molecular weight excluding hydrogens is 334 g/mol. The minimum Gasteiger partial charge on any atom is -0.352 e. The van der Waals surface area contributed by atoms with Crippen LogP contribution in [0.2, 0.25) is 5.02 Å². The van der Waals surface area contributed by atoms with Crippen LogP contribution in [0, 0.1) is 0 Å². The van der Waals surface area contributed by atoms with Crippen molar-refractivity contribution >= 4 is 29.1 Å². The maximum atomic E-state index is 5.95. The first kappa shape index (κ1) is 17.2. The minimum absolute atomic E-state index is 0.280. The molecule has 0 saturated heterocycles. The average molecular weight is 354 g/mol. The summed E-state index contributed by atoms with van der Waals surface area (Å²) in [6, 6.07) is 15.4. The first-order valence-electron chi connectivity index (χ1n) is 8.23. The number of benzene rings is 1. The quantitative estimate of drug-likeness (QED) is 0.642. The van der Waals surface area contributed by atoms with Gasteiger partial charge in [0, 0.05) is 29.0 Å². The third kappa shape index (κ3) is 4.67. The fourth-order valence-corrected chi connectivity index (χ4v) is 2.35. The number of nitrogens with one attached hydrogen (secondary N) is 2.